The molecular formula is C27H23N5. The second kappa shape index (κ2) is 6.63. The van der Waals surface area contributed by atoms with Crippen LogP contribution < -0.4 is 5.73 Å². The minimum absolute atomic E-state index is 0.526. The standard InChI is InChI=1S/C27H23N5/c28-26-25-24(31-27(32(25)14-13-29-26)23-19-7-4-8-20(19)23)18-10-9-17-11-12-21(30-22(17)15-18)16-5-2-1-3-6-16/h1-3,5-6,9-15,19-20,23H,4,7-8H2,(H2,28,29). The van der Waals surface area contributed by atoms with E-state index in [2.05, 4.69) is 51.8 Å². The molecular weight excluding hydrogens is 394 g/mol. The van der Waals surface area contributed by atoms with E-state index in [0.717, 1.165) is 56.6 Å². The van der Waals surface area contributed by atoms with Crippen molar-refractivity contribution < 1.29 is 0 Å². The van der Waals surface area contributed by atoms with Crippen LogP contribution in [-0.4, -0.2) is 19.4 Å². The smallest absolute Gasteiger partial charge is 0.150 e. The molecule has 0 radical (unpaired) electrons. The van der Waals surface area contributed by atoms with Gasteiger partial charge in [0.05, 0.1) is 11.2 Å². The summed E-state index contributed by atoms with van der Waals surface area (Å²) in [6, 6.07) is 20.9. The number of nitrogens with two attached hydrogens (primary N) is 1. The fourth-order valence-corrected chi connectivity index (χ4v) is 5.76. The molecule has 3 heterocycles. The summed E-state index contributed by atoms with van der Waals surface area (Å²) in [6.45, 7) is 0. The van der Waals surface area contributed by atoms with E-state index in [1.165, 1.54) is 19.3 Å². The SMILES string of the molecule is Nc1nccn2c(C3C4CCCC43)nc(-c3ccc4ccc(-c5ccccc5)nc4c3)c12. The zero-order valence-electron chi connectivity index (χ0n) is 17.6. The Morgan fingerprint density at radius 3 is 2.53 bits per heavy atom. The maximum absolute atomic E-state index is 6.37. The van der Waals surface area contributed by atoms with E-state index in [4.69, 9.17) is 15.7 Å². The predicted molar refractivity (Wildman–Crippen MR) is 127 cm³/mol. The number of benzene rings is 2. The molecule has 156 valence electrons. The van der Waals surface area contributed by atoms with Crippen LogP contribution in [0.25, 0.3) is 38.9 Å². The maximum Gasteiger partial charge on any atom is 0.150 e. The van der Waals surface area contributed by atoms with Crippen LogP contribution in [0.1, 0.15) is 31.0 Å². The lowest BCUT2D eigenvalue weighted by atomic mass is 10.1. The maximum atomic E-state index is 6.37. The van der Waals surface area contributed by atoms with E-state index in [1.807, 2.05) is 24.4 Å². The third-order valence-corrected chi connectivity index (χ3v) is 7.35. The number of aromatic nitrogens is 4. The van der Waals surface area contributed by atoms with Crippen molar-refractivity contribution in [1.82, 2.24) is 19.4 Å². The first kappa shape index (κ1) is 17.9. The summed E-state index contributed by atoms with van der Waals surface area (Å²) in [4.78, 5) is 14.5. The fourth-order valence-electron chi connectivity index (χ4n) is 5.76. The number of imidazole rings is 1. The van der Waals surface area contributed by atoms with Crippen LogP contribution in [0.2, 0.25) is 0 Å². The highest BCUT2D eigenvalue weighted by Crippen LogP contribution is 2.63. The third-order valence-electron chi connectivity index (χ3n) is 7.35. The number of hydrogen-bond acceptors (Lipinski definition) is 4. The largest absolute Gasteiger partial charge is 0.382 e. The van der Waals surface area contributed by atoms with Gasteiger partial charge in [-0.05, 0) is 36.8 Å². The number of hydrogen-bond donors (Lipinski definition) is 1. The molecule has 0 amide bonds. The number of pyridine rings is 1. The minimum atomic E-state index is 0.526. The molecule has 5 heteroatoms. The van der Waals surface area contributed by atoms with Crippen molar-refractivity contribution in [1.29, 1.82) is 0 Å². The van der Waals surface area contributed by atoms with Crippen LogP contribution in [0.4, 0.5) is 5.82 Å². The second-order valence-electron chi connectivity index (χ2n) is 9.10. The molecule has 2 atom stereocenters. The van der Waals surface area contributed by atoms with E-state index in [-0.39, 0.29) is 0 Å². The summed E-state index contributed by atoms with van der Waals surface area (Å²) in [5.74, 6) is 3.79. The lowest BCUT2D eigenvalue weighted by molar-refractivity contribution is 0.656. The van der Waals surface area contributed by atoms with Crippen molar-refractivity contribution in [3.8, 4) is 22.5 Å². The minimum Gasteiger partial charge on any atom is -0.382 e. The molecule has 7 rings (SSSR count). The van der Waals surface area contributed by atoms with Gasteiger partial charge in [-0.3, -0.25) is 4.40 Å². The van der Waals surface area contributed by atoms with E-state index in [9.17, 15) is 0 Å². The van der Waals surface area contributed by atoms with E-state index in [0.29, 0.717) is 11.7 Å². The van der Waals surface area contributed by atoms with Gasteiger partial charge >= 0.3 is 0 Å². The molecule has 0 spiro atoms. The molecule has 0 saturated heterocycles. The molecule has 5 aromatic rings. The second-order valence-corrected chi connectivity index (χ2v) is 9.10. The molecule has 2 aliphatic rings. The van der Waals surface area contributed by atoms with Crippen LogP contribution in [0, 0.1) is 11.8 Å². The van der Waals surface area contributed by atoms with Gasteiger partial charge in [-0.25, -0.2) is 15.0 Å². The summed E-state index contributed by atoms with van der Waals surface area (Å²) < 4.78 is 2.18. The van der Waals surface area contributed by atoms with Crippen molar-refractivity contribution in [2.24, 2.45) is 11.8 Å². The van der Waals surface area contributed by atoms with Gasteiger partial charge in [-0.1, -0.05) is 55.0 Å². The quantitative estimate of drug-likeness (QED) is 0.408. The number of nitrogen functional groups attached to an aromatic ring is 1. The highest BCUT2D eigenvalue weighted by atomic mass is 15.1. The average Bonchev–Trinajstić information content (AvgIpc) is 3.15. The van der Waals surface area contributed by atoms with Gasteiger partial charge in [0.25, 0.3) is 0 Å². The van der Waals surface area contributed by atoms with E-state index >= 15 is 0 Å². The Morgan fingerprint density at radius 1 is 0.875 bits per heavy atom. The van der Waals surface area contributed by atoms with Crippen molar-refractivity contribution in [2.45, 2.75) is 25.2 Å². The molecule has 2 N–H and O–H groups in total. The molecule has 0 bridgehead atoms. The zero-order chi connectivity index (χ0) is 21.2. The molecule has 0 aliphatic heterocycles. The summed E-state index contributed by atoms with van der Waals surface area (Å²) in [6.07, 6.45) is 7.79. The normalized spacial score (nSPS) is 21.8. The summed E-state index contributed by atoms with van der Waals surface area (Å²) in [5, 5.41) is 1.11. The molecule has 3 aromatic heterocycles. The topological polar surface area (TPSA) is 69.1 Å². The van der Waals surface area contributed by atoms with Gasteiger partial charge in [0.1, 0.15) is 22.9 Å². The summed E-state index contributed by atoms with van der Waals surface area (Å²) >= 11 is 0. The third kappa shape index (κ3) is 2.60. The van der Waals surface area contributed by atoms with Crippen molar-refractivity contribution in [3.63, 3.8) is 0 Å². The van der Waals surface area contributed by atoms with Gasteiger partial charge in [-0.2, -0.15) is 0 Å². The zero-order valence-corrected chi connectivity index (χ0v) is 17.6. The van der Waals surface area contributed by atoms with Crippen molar-refractivity contribution in [2.75, 3.05) is 5.73 Å². The van der Waals surface area contributed by atoms with Crippen molar-refractivity contribution >= 4 is 22.2 Å². The van der Waals surface area contributed by atoms with Crippen LogP contribution in [0.15, 0.2) is 73.1 Å². The first-order valence-electron chi connectivity index (χ1n) is 11.4. The highest BCUT2D eigenvalue weighted by Gasteiger charge is 2.55. The monoisotopic (exact) mass is 417 g/mol. The fraction of sp³-hybridized carbons (Fsp3) is 0.222. The first-order chi connectivity index (χ1) is 15.8. The number of nitrogens with zero attached hydrogens (tertiary/aromatic N) is 4. The van der Waals surface area contributed by atoms with Crippen molar-refractivity contribution in [3.05, 3.63) is 78.9 Å². The molecule has 2 aromatic carbocycles. The van der Waals surface area contributed by atoms with Gasteiger partial charge in [0.15, 0.2) is 0 Å². The Hall–Kier alpha value is -3.73. The summed E-state index contributed by atoms with van der Waals surface area (Å²) in [5.41, 5.74) is 12.3. The van der Waals surface area contributed by atoms with E-state index in [1.54, 1.807) is 6.20 Å². The van der Waals surface area contributed by atoms with Gasteiger partial charge in [-0.15, -0.1) is 0 Å². The molecule has 2 unspecified atom stereocenters. The van der Waals surface area contributed by atoms with Gasteiger partial charge in [0, 0.05) is 34.8 Å². The lowest BCUT2D eigenvalue weighted by Gasteiger charge is -2.06. The molecule has 2 fully saturated rings. The first-order valence-corrected chi connectivity index (χ1v) is 11.4. The van der Waals surface area contributed by atoms with Crippen LogP contribution in [0.3, 0.4) is 0 Å². The molecule has 2 saturated carbocycles. The molecule has 2 aliphatic carbocycles. The Kier molecular flexibility index (Phi) is 3.71. The van der Waals surface area contributed by atoms with Crippen LogP contribution in [-0.2, 0) is 0 Å². The molecule has 5 nitrogen and oxygen atoms in total. The lowest BCUT2D eigenvalue weighted by Crippen LogP contribution is -1.99. The van der Waals surface area contributed by atoms with Gasteiger partial charge < -0.3 is 5.73 Å². The van der Waals surface area contributed by atoms with Crippen LogP contribution in [0.5, 0.6) is 0 Å². The highest BCUT2D eigenvalue weighted by molar-refractivity contribution is 5.91. The van der Waals surface area contributed by atoms with E-state index < -0.39 is 0 Å². The predicted octanol–water partition coefficient (Wildman–Crippen LogP) is 5.71. The van der Waals surface area contributed by atoms with Crippen LogP contribution >= 0.6 is 0 Å². The Labute approximate surface area is 186 Å². The van der Waals surface area contributed by atoms with Gasteiger partial charge in [0.2, 0.25) is 0 Å². The Bertz CT molecular complexity index is 1480. The Balaban J connectivity index is 1.39. The Morgan fingerprint density at radius 2 is 1.69 bits per heavy atom. The number of rotatable bonds is 3. The number of anilines is 1. The average molecular weight is 418 g/mol. The molecule has 32 heavy (non-hydrogen) atoms. The summed E-state index contributed by atoms with van der Waals surface area (Å²) in [7, 11) is 0. The number of fused-ring (bicyclic) bond motifs is 3.